The zero-order valence-corrected chi connectivity index (χ0v) is 15.9. The molecular formula is C23H21F2N3O. The lowest BCUT2D eigenvalue weighted by atomic mass is 9.91. The Morgan fingerprint density at radius 2 is 1.62 bits per heavy atom. The van der Waals surface area contributed by atoms with E-state index in [2.05, 4.69) is 9.97 Å². The van der Waals surface area contributed by atoms with Crippen LogP contribution in [0.1, 0.15) is 30.0 Å². The minimum atomic E-state index is -0.310. The first-order valence-electron chi connectivity index (χ1n) is 9.69. The van der Waals surface area contributed by atoms with Crippen molar-refractivity contribution in [2.45, 2.75) is 25.2 Å². The van der Waals surface area contributed by atoms with Crippen LogP contribution in [-0.2, 0) is 11.2 Å². The number of aromatic nitrogens is 2. The standard InChI is InChI=1S/C23H21F2N3O/c24-19-7-3-16(4-8-19)14-21(29)28-13-1-2-18(15-28)23-22(26-11-12-27-23)17-5-9-20(25)10-6-17/h3-12,18H,1-2,13-15H2. The molecule has 2 heterocycles. The summed E-state index contributed by atoms with van der Waals surface area (Å²) < 4.78 is 26.4. The Hall–Kier alpha value is -3.15. The van der Waals surface area contributed by atoms with Gasteiger partial charge in [0.25, 0.3) is 0 Å². The van der Waals surface area contributed by atoms with Gasteiger partial charge in [-0.3, -0.25) is 14.8 Å². The van der Waals surface area contributed by atoms with Crippen molar-refractivity contribution >= 4 is 5.91 Å². The molecule has 0 radical (unpaired) electrons. The fourth-order valence-corrected chi connectivity index (χ4v) is 3.79. The first kappa shape index (κ1) is 19.2. The van der Waals surface area contributed by atoms with E-state index in [-0.39, 0.29) is 29.9 Å². The van der Waals surface area contributed by atoms with Gasteiger partial charge in [-0.2, -0.15) is 0 Å². The average Bonchev–Trinajstić information content (AvgIpc) is 2.76. The summed E-state index contributed by atoms with van der Waals surface area (Å²) in [6.45, 7) is 1.26. The molecule has 0 aliphatic carbocycles. The molecule has 1 saturated heterocycles. The number of halogens is 2. The molecule has 1 atom stereocenters. The lowest BCUT2D eigenvalue weighted by molar-refractivity contribution is -0.131. The van der Waals surface area contributed by atoms with Crippen LogP contribution in [0.5, 0.6) is 0 Å². The number of rotatable bonds is 4. The van der Waals surface area contributed by atoms with Crippen molar-refractivity contribution in [3.8, 4) is 11.3 Å². The van der Waals surface area contributed by atoms with E-state index in [0.29, 0.717) is 13.1 Å². The van der Waals surface area contributed by atoms with Crippen LogP contribution in [0.25, 0.3) is 11.3 Å². The van der Waals surface area contributed by atoms with Crippen LogP contribution in [0.3, 0.4) is 0 Å². The van der Waals surface area contributed by atoms with Crippen LogP contribution in [0.15, 0.2) is 60.9 Å². The van der Waals surface area contributed by atoms with Crippen LogP contribution < -0.4 is 0 Å². The second kappa shape index (κ2) is 8.47. The normalized spacial score (nSPS) is 16.6. The Morgan fingerprint density at radius 3 is 2.34 bits per heavy atom. The number of hydrogen-bond acceptors (Lipinski definition) is 3. The van der Waals surface area contributed by atoms with Gasteiger partial charge in [-0.15, -0.1) is 0 Å². The van der Waals surface area contributed by atoms with Crippen molar-refractivity contribution in [1.29, 1.82) is 0 Å². The fraction of sp³-hybridized carbons (Fsp3) is 0.261. The summed E-state index contributed by atoms with van der Waals surface area (Å²) in [6, 6.07) is 12.2. The summed E-state index contributed by atoms with van der Waals surface area (Å²) in [6.07, 6.45) is 5.31. The van der Waals surface area contributed by atoms with Gasteiger partial charge in [0.15, 0.2) is 0 Å². The molecule has 0 N–H and O–H groups in total. The van der Waals surface area contributed by atoms with Crippen molar-refractivity contribution < 1.29 is 13.6 Å². The van der Waals surface area contributed by atoms with Crippen LogP contribution in [0, 0.1) is 11.6 Å². The van der Waals surface area contributed by atoms with Gasteiger partial charge in [-0.25, -0.2) is 8.78 Å². The lowest BCUT2D eigenvalue weighted by Crippen LogP contribution is -2.40. The molecule has 2 aromatic carbocycles. The highest BCUT2D eigenvalue weighted by Crippen LogP contribution is 2.32. The van der Waals surface area contributed by atoms with Gasteiger partial charge in [0, 0.05) is 37.0 Å². The largest absolute Gasteiger partial charge is 0.342 e. The van der Waals surface area contributed by atoms with Crippen LogP contribution >= 0.6 is 0 Å². The van der Waals surface area contributed by atoms with E-state index in [1.165, 1.54) is 24.3 Å². The molecule has 6 heteroatoms. The molecule has 4 rings (SSSR count). The average molecular weight is 393 g/mol. The summed E-state index contributed by atoms with van der Waals surface area (Å²) in [4.78, 5) is 23.7. The molecule has 3 aromatic rings. The van der Waals surface area contributed by atoms with Crippen LogP contribution in [0.2, 0.25) is 0 Å². The van der Waals surface area contributed by atoms with E-state index < -0.39 is 0 Å². The van der Waals surface area contributed by atoms with E-state index in [1.807, 2.05) is 4.90 Å². The predicted octanol–water partition coefficient (Wildman–Crippen LogP) is 4.37. The molecule has 1 fully saturated rings. The number of hydrogen-bond donors (Lipinski definition) is 0. The molecule has 1 aromatic heterocycles. The van der Waals surface area contributed by atoms with E-state index in [0.717, 1.165) is 35.4 Å². The highest BCUT2D eigenvalue weighted by Gasteiger charge is 2.28. The third kappa shape index (κ3) is 4.47. The third-order valence-electron chi connectivity index (χ3n) is 5.27. The highest BCUT2D eigenvalue weighted by molar-refractivity contribution is 5.79. The topological polar surface area (TPSA) is 46.1 Å². The number of likely N-dealkylation sites (tertiary alicyclic amines) is 1. The number of carbonyl (C=O) groups excluding carboxylic acids is 1. The van der Waals surface area contributed by atoms with Crippen LogP contribution in [0.4, 0.5) is 8.78 Å². The lowest BCUT2D eigenvalue weighted by Gasteiger charge is -2.33. The zero-order valence-electron chi connectivity index (χ0n) is 15.9. The maximum Gasteiger partial charge on any atom is 0.227 e. The monoisotopic (exact) mass is 393 g/mol. The molecule has 148 valence electrons. The summed E-state index contributed by atoms with van der Waals surface area (Å²) in [5.74, 6) is -0.521. The highest BCUT2D eigenvalue weighted by atomic mass is 19.1. The predicted molar refractivity (Wildman–Crippen MR) is 106 cm³/mol. The Kier molecular flexibility index (Phi) is 5.60. The summed E-state index contributed by atoms with van der Waals surface area (Å²) in [7, 11) is 0. The minimum Gasteiger partial charge on any atom is -0.342 e. The van der Waals surface area contributed by atoms with E-state index in [1.54, 1.807) is 36.7 Å². The smallest absolute Gasteiger partial charge is 0.227 e. The van der Waals surface area contributed by atoms with Crippen molar-refractivity contribution in [1.82, 2.24) is 14.9 Å². The molecule has 4 nitrogen and oxygen atoms in total. The van der Waals surface area contributed by atoms with Gasteiger partial charge in [-0.1, -0.05) is 12.1 Å². The van der Waals surface area contributed by atoms with Gasteiger partial charge in [0.05, 0.1) is 17.8 Å². The van der Waals surface area contributed by atoms with Crippen molar-refractivity contribution in [2.24, 2.45) is 0 Å². The number of nitrogens with zero attached hydrogens (tertiary/aromatic N) is 3. The third-order valence-corrected chi connectivity index (χ3v) is 5.27. The summed E-state index contributed by atoms with van der Waals surface area (Å²) >= 11 is 0. The number of benzene rings is 2. The molecule has 0 saturated carbocycles. The first-order valence-corrected chi connectivity index (χ1v) is 9.69. The van der Waals surface area contributed by atoms with Crippen molar-refractivity contribution in [2.75, 3.05) is 13.1 Å². The molecule has 1 unspecified atom stereocenters. The van der Waals surface area contributed by atoms with E-state index in [9.17, 15) is 13.6 Å². The Morgan fingerprint density at radius 1 is 0.966 bits per heavy atom. The Labute approximate surface area is 168 Å². The number of amides is 1. The number of piperidine rings is 1. The molecule has 1 aliphatic rings. The van der Waals surface area contributed by atoms with Gasteiger partial charge in [-0.05, 0) is 54.8 Å². The maximum atomic E-state index is 13.3. The number of carbonyl (C=O) groups is 1. The molecular weight excluding hydrogens is 372 g/mol. The second-order valence-electron chi connectivity index (χ2n) is 7.28. The quantitative estimate of drug-likeness (QED) is 0.661. The minimum absolute atomic E-state index is 0.0218. The SMILES string of the molecule is O=C(Cc1ccc(F)cc1)N1CCCC(c2nccnc2-c2ccc(F)cc2)C1. The zero-order chi connectivity index (χ0) is 20.2. The maximum absolute atomic E-state index is 13.3. The second-order valence-corrected chi connectivity index (χ2v) is 7.28. The van der Waals surface area contributed by atoms with Gasteiger partial charge in [0.1, 0.15) is 11.6 Å². The summed E-state index contributed by atoms with van der Waals surface area (Å²) in [5.41, 5.74) is 3.16. The van der Waals surface area contributed by atoms with E-state index >= 15 is 0 Å². The Balaban J connectivity index is 1.52. The van der Waals surface area contributed by atoms with Crippen LogP contribution in [-0.4, -0.2) is 33.9 Å². The van der Waals surface area contributed by atoms with Gasteiger partial charge >= 0.3 is 0 Å². The molecule has 29 heavy (non-hydrogen) atoms. The van der Waals surface area contributed by atoms with Gasteiger partial charge < -0.3 is 4.90 Å². The first-order chi connectivity index (χ1) is 14.1. The summed E-state index contributed by atoms with van der Waals surface area (Å²) in [5, 5.41) is 0. The Bertz CT molecular complexity index is 990. The molecule has 1 amide bonds. The molecule has 0 bridgehead atoms. The van der Waals surface area contributed by atoms with Gasteiger partial charge in [0.2, 0.25) is 5.91 Å². The van der Waals surface area contributed by atoms with Crippen molar-refractivity contribution in [3.05, 3.63) is 83.8 Å². The van der Waals surface area contributed by atoms with E-state index in [4.69, 9.17) is 0 Å². The fourth-order valence-electron chi connectivity index (χ4n) is 3.79. The molecule has 0 spiro atoms. The van der Waals surface area contributed by atoms with Crippen molar-refractivity contribution in [3.63, 3.8) is 0 Å². The molecule has 1 aliphatic heterocycles.